The van der Waals surface area contributed by atoms with E-state index in [-0.39, 0.29) is 23.8 Å². The van der Waals surface area contributed by atoms with Crippen LogP contribution >= 0.6 is 0 Å². The highest BCUT2D eigenvalue weighted by Crippen LogP contribution is 2.20. The topological polar surface area (TPSA) is 62.5 Å². The van der Waals surface area contributed by atoms with Crippen LogP contribution in [-0.4, -0.2) is 51.2 Å². The van der Waals surface area contributed by atoms with E-state index in [0.717, 1.165) is 24.2 Å². The Morgan fingerprint density at radius 1 is 1.14 bits per heavy atom. The van der Waals surface area contributed by atoms with Gasteiger partial charge >= 0.3 is 0 Å². The van der Waals surface area contributed by atoms with Gasteiger partial charge in [-0.05, 0) is 54.0 Å². The van der Waals surface area contributed by atoms with E-state index in [2.05, 4.69) is 29.1 Å². The minimum absolute atomic E-state index is 0.0285. The third-order valence-corrected chi connectivity index (χ3v) is 5.42. The maximum absolute atomic E-state index is 13.1. The molecule has 0 N–H and O–H groups in total. The van der Waals surface area contributed by atoms with Gasteiger partial charge in [-0.3, -0.25) is 9.69 Å². The van der Waals surface area contributed by atoms with Crippen LogP contribution in [0.15, 0.2) is 53.2 Å². The van der Waals surface area contributed by atoms with Crippen molar-refractivity contribution in [2.24, 2.45) is 0 Å². The molecule has 150 valence electrons. The summed E-state index contributed by atoms with van der Waals surface area (Å²) in [6.07, 6.45) is 3.35. The first kappa shape index (κ1) is 19.3. The van der Waals surface area contributed by atoms with E-state index in [1.807, 2.05) is 35.2 Å². The van der Waals surface area contributed by atoms with Crippen molar-refractivity contribution in [2.75, 3.05) is 13.1 Å². The molecular weight excluding hydrogens is 371 g/mol. The number of nitrogens with zero attached hydrogens (tertiary/aromatic N) is 4. The van der Waals surface area contributed by atoms with Crippen molar-refractivity contribution in [3.8, 4) is 0 Å². The standard InChI is InChI=1S/C22H23FN4O2/c1-15-13-27(16(2)12-26(15)14-17-6-9-19(23)10-7-17)21(28)11-8-18-4-3-5-20-22(18)25-29-24-20/h3-11,15-16H,12-14H2,1-2H3/b11-8+/t15-,16+/m0/s1. The van der Waals surface area contributed by atoms with Crippen LogP contribution in [0.5, 0.6) is 0 Å². The van der Waals surface area contributed by atoms with Gasteiger partial charge in [0.25, 0.3) is 0 Å². The molecular formula is C22H23FN4O2. The van der Waals surface area contributed by atoms with Crippen LogP contribution in [0, 0.1) is 5.82 Å². The van der Waals surface area contributed by atoms with Crippen LogP contribution < -0.4 is 0 Å². The third-order valence-electron chi connectivity index (χ3n) is 5.42. The van der Waals surface area contributed by atoms with Crippen molar-refractivity contribution >= 4 is 23.0 Å². The Hall–Kier alpha value is -3.06. The molecule has 1 aliphatic heterocycles. The van der Waals surface area contributed by atoms with E-state index in [4.69, 9.17) is 4.63 Å². The Balaban J connectivity index is 1.42. The van der Waals surface area contributed by atoms with Crippen LogP contribution in [0.3, 0.4) is 0 Å². The summed E-state index contributed by atoms with van der Waals surface area (Å²) in [4.78, 5) is 17.0. The molecule has 0 unspecified atom stereocenters. The molecule has 1 aliphatic rings. The zero-order valence-corrected chi connectivity index (χ0v) is 16.5. The molecule has 0 radical (unpaired) electrons. The first-order valence-electron chi connectivity index (χ1n) is 9.69. The molecule has 0 aliphatic carbocycles. The Bertz CT molecular complexity index is 1030. The number of piperazine rings is 1. The lowest BCUT2D eigenvalue weighted by Crippen LogP contribution is -2.57. The van der Waals surface area contributed by atoms with Crippen LogP contribution in [0.1, 0.15) is 25.0 Å². The number of carbonyl (C=O) groups is 1. The molecule has 0 spiro atoms. The minimum Gasteiger partial charge on any atom is -0.334 e. The van der Waals surface area contributed by atoms with Gasteiger partial charge in [0, 0.05) is 43.4 Å². The average molecular weight is 394 g/mol. The van der Waals surface area contributed by atoms with Crippen molar-refractivity contribution < 1.29 is 13.8 Å². The van der Waals surface area contributed by atoms with Gasteiger partial charge in [-0.1, -0.05) is 24.3 Å². The van der Waals surface area contributed by atoms with Crippen molar-refractivity contribution in [1.82, 2.24) is 20.1 Å². The molecule has 4 rings (SSSR count). The predicted molar refractivity (Wildman–Crippen MR) is 108 cm³/mol. The summed E-state index contributed by atoms with van der Waals surface area (Å²) in [5.41, 5.74) is 3.17. The van der Waals surface area contributed by atoms with Crippen molar-refractivity contribution in [3.63, 3.8) is 0 Å². The Morgan fingerprint density at radius 3 is 2.72 bits per heavy atom. The van der Waals surface area contributed by atoms with Gasteiger partial charge in [0.05, 0.1) is 0 Å². The zero-order chi connectivity index (χ0) is 20.4. The summed E-state index contributed by atoms with van der Waals surface area (Å²) < 4.78 is 17.9. The number of hydrogen-bond donors (Lipinski definition) is 0. The van der Waals surface area contributed by atoms with Crippen LogP contribution in [0.25, 0.3) is 17.1 Å². The fourth-order valence-electron chi connectivity index (χ4n) is 3.77. The van der Waals surface area contributed by atoms with Gasteiger partial charge in [0.2, 0.25) is 5.91 Å². The van der Waals surface area contributed by atoms with Gasteiger partial charge in [0.1, 0.15) is 16.9 Å². The summed E-state index contributed by atoms with van der Waals surface area (Å²) in [6, 6.07) is 12.4. The largest absolute Gasteiger partial charge is 0.334 e. The smallest absolute Gasteiger partial charge is 0.246 e. The maximum atomic E-state index is 13.1. The lowest BCUT2D eigenvalue weighted by Gasteiger charge is -2.43. The monoisotopic (exact) mass is 394 g/mol. The molecule has 2 aromatic carbocycles. The highest BCUT2D eigenvalue weighted by Gasteiger charge is 2.31. The van der Waals surface area contributed by atoms with E-state index < -0.39 is 0 Å². The summed E-state index contributed by atoms with van der Waals surface area (Å²) in [5, 5.41) is 7.72. The first-order valence-corrected chi connectivity index (χ1v) is 9.69. The summed E-state index contributed by atoms with van der Waals surface area (Å²) >= 11 is 0. The van der Waals surface area contributed by atoms with E-state index >= 15 is 0 Å². The maximum Gasteiger partial charge on any atom is 0.246 e. The first-order chi connectivity index (χ1) is 14.0. The molecule has 29 heavy (non-hydrogen) atoms. The van der Waals surface area contributed by atoms with Crippen molar-refractivity contribution in [2.45, 2.75) is 32.5 Å². The number of halogens is 1. The molecule has 0 saturated carbocycles. The minimum atomic E-state index is -0.227. The number of aromatic nitrogens is 2. The molecule has 2 heterocycles. The molecule has 1 amide bonds. The molecule has 0 bridgehead atoms. The van der Waals surface area contributed by atoms with E-state index in [9.17, 15) is 9.18 Å². The van der Waals surface area contributed by atoms with Crippen molar-refractivity contribution in [3.05, 3.63) is 65.5 Å². The lowest BCUT2D eigenvalue weighted by molar-refractivity contribution is -0.131. The quantitative estimate of drug-likeness (QED) is 0.634. The molecule has 7 heteroatoms. The summed E-state index contributed by atoms with van der Waals surface area (Å²) in [6.45, 7) is 6.31. The Labute approximate surface area is 168 Å². The number of hydrogen-bond acceptors (Lipinski definition) is 5. The number of fused-ring (bicyclic) bond motifs is 1. The number of rotatable bonds is 4. The molecule has 1 saturated heterocycles. The van der Waals surface area contributed by atoms with E-state index in [0.29, 0.717) is 17.6 Å². The summed E-state index contributed by atoms with van der Waals surface area (Å²) in [5.74, 6) is -0.256. The van der Waals surface area contributed by atoms with Crippen LogP contribution in [0.2, 0.25) is 0 Å². The SMILES string of the molecule is C[C@@H]1CN(Cc2ccc(F)cc2)[C@@H](C)CN1C(=O)/C=C/c1cccc2nonc12. The number of amides is 1. The second-order valence-corrected chi connectivity index (χ2v) is 7.56. The molecule has 2 atom stereocenters. The van der Waals surface area contributed by atoms with Crippen LogP contribution in [-0.2, 0) is 11.3 Å². The van der Waals surface area contributed by atoms with Crippen LogP contribution in [0.4, 0.5) is 4.39 Å². The normalized spacial score (nSPS) is 20.6. The second kappa shape index (κ2) is 8.13. The predicted octanol–water partition coefficient (Wildman–Crippen LogP) is 3.50. The summed E-state index contributed by atoms with van der Waals surface area (Å²) in [7, 11) is 0. The third kappa shape index (κ3) is 4.19. The average Bonchev–Trinajstić information content (AvgIpc) is 3.20. The van der Waals surface area contributed by atoms with E-state index in [1.54, 1.807) is 12.2 Å². The molecule has 3 aromatic rings. The molecule has 6 nitrogen and oxygen atoms in total. The fourth-order valence-corrected chi connectivity index (χ4v) is 3.77. The van der Waals surface area contributed by atoms with Crippen molar-refractivity contribution in [1.29, 1.82) is 0 Å². The zero-order valence-electron chi connectivity index (χ0n) is 16.5. The second-order valence-electron chi connectivity index (χ2n) is 7.56. The van der Waals surface area contributed by atoms with Gasteiger partial charge < -0.3 is 4.90 Å². The van der Waals surface area contributed by atoms with Gasteiger partial charge in [-0.25, -0.2) is 9.02 Å². The van der Waals surface area contributed by atoms with Gasteiger partial charge in [-0.15, -0.1) is 0 Å². The lowest BCUT2D eigenvalue weighted by atomic mass is 10.1. The Kier molecular flexibility index (Phi) is 5.40. The van der Waals surface area contributed by atoms with E-state index in [1.165, 1.54) is 12.1 Å². The van der Waals surface area contributed by atoms with Gasteiger partial charge in [0.15, 0.2) is 0 Å². The number of carbonyl (C=O) groups excluding carboxylic acids is 1. The molecule has 1 fully saturated rings. The van der Waals surface area contributed by atoms with Gasteiger partial charge in [-0.2, -0.15) is 0 Å². The molecule has 1 aromatic heterocycles. The number of benzene rings is 2. The fraction of sp³-hybridized carbons (Fsp3) is 0.318. The highest BCUT2D eigenvalue weighted by molar-refractivity contribution is 5.94. The highest BCUT2D eigenvalue weighted by atomic mass is 19.1. The Morgan fingerprint density at radius 2 is 1.93 bits per heavy atom.